The third kappa shape index (κ3) is 3.62. The number of hydrogen-bond acceptors (Lipinski definition) is 5. The van der Waals surface area contributed by atoms with Gasteiger partial charge < -0.3 is 14.4 Å². The van der Waals surface area contributed by atoms with Crippen LogP contribution in [0.25, 0.3) is 0 Å². The molecule has 0 spiro atoms. The molecule has 2 aromatic rings. The number of hydrogen-bond donors (Lipinski definition) is 0. The Hall–Kier alpha value is -2.79. The van der Waals surface area contributed by atoms with Gasteiger partial charge in [0.15, 0.2) is 12.4 Å². The molecular formula is C22H22ClNO4. The number of allylic oxidation sites excluding steroid dienone is 1. The molecule has 0 aromatic heterocycles. The number of likely N-dealkylation sites (N-methyl/N-ethyl adjacent to an activating group) is 1. The van der Waals surface area contributed by atoms with E-state index in [1.807, 2.05) is 30.1 Å². The molecule has 0 saturated heterocycles. The van der Waals surface area contributed by atoms with Crippen molar-refractivity contribution in [1.29, 1.82) is 0 Å². The Kier molecular flexibility index (Phi) is 5.47. The van der Waals surface area contributed by atoms with Crippen LogP contribution < -0.4 is 9.64 Å². The molecule has 5 nitrogen and oxygen atoms in total. The Morgan fingerprint density at radius 1 is 1.18 bits per heavy atom. The molecule has 146 valence electrons. The van der Waals surface area contributed by atoms with E-state index in [1.54, 1.807) is 18.2 Å². The first-order chi connectivity index (χ1) is 13.3. The van der Waals surface area contributed by atoms with Crippen LogP contribution in [-0.2, 0) is 14.9 Å². The summed E-state index contributed by atoms with van der Waals surface area (Å²) < 4.78 is 10.3. The third-order valence-electron chi connectivity index (χ3n) is 4.97. The van der Waals surface area contributed by atoms with Crippen LogP contribution >= 0.6 is 11.6 Å². The zero-order chi connectivity index (χ0) is 20.5. The van der Waals surface area contributed by atoms with Crippen molar-refractivity contribution in [1.82, 2.24) is 0 Å². The maximum Gasteiger partial charge on any atom is 0.342 e. The Balaban J connectivity index is 1.75. The zero-order valence-corrected chi connectivity index (χ0v) is 17.0. The number of benzene rings is 2. The molecule has 0 amide bonds. The molecular weight excluding hydrogens is 378 g/mol. The number of nitrogens with zero attached hydrogens (tertiary/aromatic N) is 1. The Labute approximate surface area is 169 Å². The highest BCUT2D eigenvalue weighted by Crippen LogP contribution is 2.46. The Morgan fingerprint density at radius 3 is 2.57 bits per heavy atom. The van der Waals surface area contributed by atoms with Crippen molar-refractivity contribution in [3.8, 4) is 5.75 Å². The molecule has 0 bridgehead atoms. The molecule has 0 saturated carbocycles. The lowest BCUT2D eigenvalue weighted by Crippen LogP contribution is -2.25. The van der Waals surface area contributed by atoms with Crippen LogP contribution in [0.3, 0.4) is 0 Å². The minimum absolute atomic E-state index is 0.182. The summed E-state index contributed by atoms with van der Waals surface area (Å²) in [7, 11) is 3.38. The van der Waals surface area contributed by atoms with Crippen molar-refractivity contribution in [2.75, 3.05) is 25.7 Å². The molecule has 0 aliphatic carbocycles. The number of anilines is 1. The fourth-order valence-electron chi connectivity index (χ4n) is 3.51. The molecule has 0 unspecified atom stereocenters. The van der Waals surface area contributed by atoms with Gasteiger partial charge in [-0.25, -0.2) is 4.79 Å². The molecule has 0 N–H and O–H groups in total. The van der Waals surface area contributed by atoms with Gasteiger partial charge in [-0.3, -0.25) is 4.79 Å². The first-order valence-electron chi connectivity index (χ1n) is 8.84. The number of ketones is 1. The number of ether oxygens (including phenoxy) is 2. The summed E-state index contributed by atoms with van der Waals surface area (Å²) in [5.41, 5.74) is 2.93. The lowest BCUT2D eigenvalue weighted by molar-refractivity contribution is -0.117. The number of halogens is 1. The van der Waals surface area contributed by atoms with E-state index in [-0.39, 0.29) is 23.4 Å². The summed E-state index contributed by atoms with van der Waals surface area (Å²) in [5, 5.41) is 0.383. The number of carbonyl (C=O) groups is 2. The topological polar surface area (TPSA) is 55.8 Å². The predicted molar refractivity (Wildman–Crippen MR) is 109 cm³/mol. The van der Waals surface area contributed by atoms with Crippen LogP contribution in [0.2, 0.25) is 5.02 Å². The second-order valence-corrected chi connectivity index (χ2v) is 7.55. The number of esters is 1. The zero-order valence-electron chi connectivity index (χ0n) is 16.3. The summed E-state index contributed by atoms with van der Waals surface area (Å²) in [6.07, 6.45) is 1.54. The summed E-state index contributed by atoms with van der Waals surface area (Å²) in [5.74, 6) is -0.613. The van der Waals surface area contributed by atoms with Crippen molar-refractivity contribution >= 4 is 29.0 Å². The van der Waals surface area contributed by atoms with Gasteiger partial charge in [-0.15, -0.1) is 0 Å². The van der Waals surface area contributed by atoms with Gasteiger partial charge >= 0.3 is 5.97 Å². The molecule has 28 heavy (non-hydrogen) atoms. The standard InChI is InChI=1S/C22H22ClNO4/c1-22(2)17-7-5-6-8-18(17)24(3)20(22)12-15(25)13-28-21(26)16-11-14(23)9-10-19(16)27-4/h5-12H,13H2,1-4H3/b20-12+. The van der Waals surface area contributed by atoms with Crippen molar-refractivity contribution in [2.24, 2.45) is 0 Å². The molecule has 2 aromatic carbocycles. The van der Waals surface area contributed by atoms with Crippen molar-refractivity contribution in [3.05, 3.63) is 70.4 Å². The molecule has 1 heterocycles. The Morgan fingerprint density at radius 2 is 1.89 bits per heavy atom. The first kappa shape index (κ1) is 20.0. The van der Waals surface area contributed by atoms with E-state index in [9.17, 15) is 9.59 Å². The molecule has 1 aliphatic heterocycles. The van der Waals surface area contributed by atoms with Crippen LogP contribution in [0.1, 0.15) is 29.8 Å². The molecule has 1 aliphatic rings. The number of fused-ring (bicyclic) bond motifs is 1. The Bertz CT molecular complexity index is 965. The average molecular weight is 400 g/mol. The van der Waals surface area contributed by atoms with Gasteiger partial charge in [0.05, 0.1) is 7.11 Å². The highest BCUT2D eigenvalue weighted by Gasteiger charge is 2.38. The van der Waals surface area contributed by atoms with E-state index in [0.29, 0.717) is 10.8 Å². The summed E-state index contributed by atoms with van der Waals surface area (Å²) in [6, 6.07) is 12.7. The maximum atomic E-state index is 12.5. The van der Waals surface area contributed by atoms with Gasteiger partial charge in [-0.2, -0.15) is 0 Å². The van der Waals surface area contributed by atoms with Gasteiger partial charge in [0.1, 0.15) is 11.3 Å². The highest BCUT2D eigenvalue weighted by atomic mass is 35.5. The van der Waals surface area contributed by atoms with Gasteiger partial charge in [0, 0.05) is 34.9 Å². The largest absolute Gasteiger partial charge is 0.496 e. The SMILES string of the molecule is COc1ccc(Cl)cc1C(=O)OCC(=O)/C=C1/N(C)c2ccccc2C1(C)C. The number of rotatable bonds is 5. The second-order valence-electron chi connectivity index (χ2n) is 7.12. The number of carbonyl (C=O) groups excluding carboxylic acids is 2. The van der Waals surface area contributed by atoms with Gasteiger partial charge in [-0.1, -0.05) is 43.6 Å². The normalized spacial score (nSPS) is 16.0. The lowest BCUT2D eigenvalue weighted by atomic mass is 9.83. The molecule has 3 rings (SSSR count). The van der Waals surface area contributed by atoms with Crippen LogP contribution in [0.5, 0.6) is 5.75 Å². The highest BCUT2D eigenvalue weighted by molar-refractivity contribution is 6.31. The fraction of sp³-hybridized carbons (Fsp3) is 0.273. The average Bonchev–Trinajstić information content (AvgIpc) is 2.87. The molecule has 0 atom stereocenters. The lowest BCUT2D eigenvalue weighted by Gasteiger charge is -2.23. The van der Waals surface area contributed by atoms with Crippen LogP contribution in [0.4, 0.5) is 5.69 Å². The van der Waals surface area contributed by atoms with E-state index < -0.39 is 5.97 Å². The maximum absolute atomic E-state index is 12.5. The summed E-state index contributed by atoms with van der Waals surface area (Å²) in [4.78, 5) is 26.8. The van der Waals surface area contributed by atoms with Gasteiger partial charge in [0.2, 0.25) is 0 Å². The van der Waals surface area contributed by atoms with Crippen molar-refractivity contribution in [3.63, 3.8) is 0 Å². The minimum Gasteiger partial charge on any atom is -0.496 e. The van der Waals surface area contributed by atoms with E-state index >= 15 is 0 Å². The monoisotopic (exact) mass is 399 g/mol. The molecule has 6 heteroatoms. The first-order valence-corrected chi connectivity index (χ1v) is 9.22. The molecule has 0 radical (unpaired) electrons. The van der Waals surface area contributed by atoms with Gasteiger partial charge in [0.25, 0.3) is 0 Å². The van der Waals surface area contributed by atoms with Crippen LogP contribution in [-0.4, -0.2) is 32.5 Å². The van der Waals surface area contributed by atoms with Crippen molar-refractivity contribution in [2.45, 2.75) is 19.3 Å². The van der Waals surface area contributed by atoms with E-state index in [2.05, 4.69) is 19.9 Å². The fourth-order valence-corrected chi connectivity index (χ4v) is 3.68. The van der Waals surface area contributed by atoms with Crippen molar-refractivity contribution < 1.29 is 19.1 Å². The third-order valence-corrected chi connectivity index (χ3v) is 5.20. The number of methoxy groups -OCH3 is 1. The van der Waals surface area contributed by atoms with Gasteiger partial charge in [-0.05, 0) is 29.8 Å². The van der Waals surface area contributed by atoms with E-state index in [0.717, 1.165) is 16.9 Å². The minimum atomic E-state index is -0.659. The van der Waals surface area contributed by atoms with Crippen LogP contribution in [0, 0.1) is 0 Å². The molecule has 0 fully saturated rings. The van der Waals surface area contributed by atoms with Crippen LogP contribution in [0.15, 0.2) is 54.2 Å². The quantitative estimate of drug-likeness (QED) is 0.551. The summed E-state index contributed by atoms with van der Waals surface area (Å²) in [6.45, 7) is 3.77. The van der Waals surface area contributed by atoms with E-state index in [4.69, 9.17) is 21.1 Å². The predicted octanol–water partition coefficient (Wildman–Crippen LogP) is 4.39. The second kappa shape index (κ2) is 7.68. The number of para-hydroxylation sites is 1. The smallest absolute Gasteiger partial charge is 0.342 e. The summed E-state index contributed by atoms with van der Waals surface area (Å²) >= 11 is 5.94. The van der Waals surface area contributed by atoms with E-state index in [1.165, 1.54) is 13.2 Å².